The van der Waals surface area contributed by atoms with Crippen molar-refractivity contribution in [2.45, 2.75) is 66.4 Å². The van der Waals surface area contributed by atoms with Gasteiger partial charge in [0.15, 0.2) is 0 Å². The van der Waals surface area contributed by atoms with E-state index in [-0.39, 0.29) is 6.10 Å². The maximum Gasteiger partial charge on any atom is 0.137 e. The van der Waals surface area contributed by atoms with Crippen LogP contribution in [0.15, 0.2) is 47.6 Å². The Morgan fingerprint density at radius 1 is 1.20 bits per heavy atom. The van der Waals surface area contributed by atoms with Gasteiger partial charge in [0.05, 0.1) is 17.4 Å². The van der Waals surface area contributed by atoms with Crippen molar-refractivity contribution in [3.63, 3.8) is 0 Å². The molecule has 1 atom stereocenters. The number of fused-ring (bicyclic) bond motifs is 1. The van der Waals surface area contributed by atoms with Crippen molar-refractivity contribution >= 4 is 11.3 Å². The maximum absolute atomic E-state index is 9.61. The first kappa shape index (κ1) is 21.8. The Balaban J connectivity index is 1.99. The van der Waals surface area contributed by atoms with Crippen molar-refractivity contribution in [1.82, 2.24) is 0 Å². The molecule has 3 nitrogen and oxygen atoms in total. The largest absolute Gasteiger partial charge is 0.490 e. The lowest BCUT2D eigenvalue weighted by atomic mass is 9.94. The smallest absolute Gasteiger partial charge is 0.137 e. The number of aliphatic imine (C=N–C) groups is 1. The van der Waals surface area contributed by atoms with Crippen molar-refractivity contribution in [2.75, 3.05) is 0 Å². The number of benzene rings is 2. The Morgan fingerprint density at radius 2 is 2.00 bits per heavy atom. The molecule has 0 N–H and O–H groups in total. The number of aryl methyl sites for hydroxylation is 1. The van der Waals surface area contributed by atoms with Crippen molar-refractivity contribution < 1.29 is 4.74 Å². The Labute approximate surface area is 181 Å². The topological polar surface area (TPSA) is 45.4 Å². The Kier molecular flexibility index (Phi) is 7.11. The number of hydrogen-bond donors (Lipinski definition) is 0. The number of nitriles is 1. The predicted molar refractivity (Wildman–Crippen MR) is 125 cm³/mol. The van der Waals surface area contributed by atoms with Gasteiger partial charge in [-0.2, -0.15) is 5.26 Å². The first-order valence-electron chi connectivity index (χ1n) is 11.0. The summed E-state index contributed by atoms with van der Waals surface area (Å²) in [6.07, 6.45) is 6.59. The van der Waals surface area contributed by atoms with Crippen LogP contribution in [0.5, 0.6) is 5.75 Å². The zero-order valence-electron chi connectivity index (χ0n) is 18.8. The molecule has 0 spiro atoms. The summed E-state index contributed by atoms with van der Waals surface area (Å²) < 4.78 is 5.78. The third kappa shape index (κ3) is 4.82. The Bertz CT molecular complexity index is 1010. The molecule has 0 aromatic heterocycles. The van der Waals surface area contributed by atoms with Gasteiger partial charge >= 0.3 is 0 Å². The average Bonchev–Trinajstić information content (AvgIpc) is 3.22. The summed E-state index contributed by atoms with van der Waals surface area (Å²) >= 11 is 0. The fourth-order valence-electron chi connectivity index (χ4n) is 4.04. The van der Waals surface area contributed by atoms with Crippen LogP contribution in [0.2, 0.25) is 0 Å². The molecule has 2 aromatic rings. The van der Waals surface area contributed by atoms with Crippen LogP contribution in [0.4, 0.5) is 0 Å². The molecule has 0 saturated heterocycles. The van der Waals surface area contributed by atoms with Gasteiger partial charge in [0.2, 0.25) is 0 Å². The summed E-state index contributed by atoms with van der Waals surface area (Å²) in [6, 6.07) is 14.7. The van der Waals surface area contributed by atoms with E-state index < -0.39 is 0 Å². The highest BCUT2D eigenvalue weighted by Crippen LogP contribution is 2.30. The van der Waals surface area contributed by atoms with E-state index in [2.05, 4.69) is 45.0 Å². The van der Waals surface area contributed by atoms with Crippen molar-refractivity contribution in [1.29, 1.82) is 5.26 Å². The van der Waals surface area contributed by atoms with Crippen molar-refractivity contribution in [2.24, 2.45) is 10.9 Å². The number of nitrogens with zero attached hydrogens (tertiary/aromatic N) is 2. The molecule has 1 aliphatic rings. The molecule has 2 aromatic carbocycles. The zero-order valence-corrected chi connectivity index (χ0v) is 18.8. The molecule has 0 radical (unpaired) electrons. The molecule has 0 fully saturated rings. The third-order valence-corrected chi connectivity index (χ3v) is 5.81. The molecule has 3 rings (SSSR count). The molecule has 0 aliphatic heterocycles. The van der Waals surface area contributed by atoms with E-state index >= 15 is 0 Å². The van der Waals surface area contributed by atoms with E-state index in [1.807, 2.05) is 38.2 Å². The lowest BCUT2D eigenvalue weighted by molar-refractivity contribution is 0.241. The number of allylic oxidation sites excluding steroid dienone is 1. The third-order valence-electron chi connectivity index (χ3n) is 5.81. The van der Waals surface area contributed by atoms with Crippen molar-refractivity contribution in [3.8, 4) is 11.8 Å². The van der Waals surface area contributed by atoms with Gasteiger partial charge in [-0.05, 0) is 98.4 Å². The monoisotopic (exact) mass is 400 g/mol. The summed E-state index contributed by atoms with van der Waals surface area (Å²) in [6.45, 7) is 10.4. The van der Waals surface area contributed by atoms with Gasteiger partial charge in [-0.3, -0.25) is 4.99 Å². The van der Waals surface area contributed by atoms with E-state index in [1.54, 1.807) is 0 Å². The molecular formula is C27H32N2O. The van der Waals surface area contributed by atoms with Crippen LogP contribution in [0, 0.1) is 17.2 Å². The van der Waals surface area contributed by atoms with Gasteiger partial charge in [-0.1, -0.05) is 32.0 Å². The SMILES string of the molecule is CCC(C)/C(=N\C=C(/C)c1cccc2c1CCC2)c1ccc(OC(C)C)c(C#N)c1. The summed E-state index contributed by atoms with van der Waals surface area (Å²) in [5.41, 5.74) is 8.01. The Morgan fingerprint density at radius 3 is 2.70 bits per heavy atom. The number of ether oxygens (including phenoxy) is 1. The highest BCUT2D eigenvalue weighted by Gasteiger charge is 2.16. The highest BCUT2D eigenvalue weighted by molar-refractivity contribution is 6.03. The van der Waals surface area contributed by atoms with Gasteiger partial charge in [-0.25, -0.2) is 0 Å². The molecule has 0 saturated carbocycles. The van der Waals surface area contributed by atoms with Gasteiger partial charge in [0, 0.05) is 6.20 Å². The lowest BCUT2D eigenvalue weighted by Crippen LogP contribution is -2.13. The van der Waals surface area contributed by atoms with E-state index in [1.165, 1.54) is 35.1 Å². The molecule has 1 unspecified atom stereocenters. The number of rotatable bonds is 7. The highest BCUT2D eigenvalue weighted by atomic mass is 16.5. The van der Waals surface area contributed by atoms with Gasteiger partial charge in [0.25, 0.3) is 0 Å². The molecule has 3 heteroatoms. The fourth-order valence-corrected chi connectivity index (χ4v) is 4.04. The van der Waals surface area contributed by atoms with Crippen LogP contribution in [0.1, 0.15) is 75.3 Å². The van der Waals surface area contributed by atoms with Crippen molar-refractivity contribution in [3.05, 3.63) is 70.4 Å². The molecule has 1 aliphatic carbocycles. The Hall–Kier alpha value is -2.86. The molecule has 30 heavy (non-hydrogen) atoms. The predicted octanol–water partition coefficient (Wildman–Crippen LogP) is 6.73. The average molecular weight is 401 g/mol. The van der Waals surface area contributed by atoms with Crippen LogP contribution in [-0.2, 0) is 12.8 Å². The summed E-state index contributed by atoms with van der Waals surface area (Å²) in [5, 5.41) is 9.61. The summed E-state index contributed by atoms with van der Waals surface area (Å²) in [5.74, 6) is 0.922. The van der Waals surface area contributed by atoms with Crippen LogP contribution >= 0.6 is 0 Å². The van der Waals surface area contributed by atoms with E-state index in [0.717, 1.165) is 24.1 Å². The zero-order chi connectivity index (χ0) is 21.7. The second kappa shape index (κ2) is 9.76. The minimum absolute atomic E-state index is 0.0313. The fraction of sp³-hybridized carbons (Fsp3) is 0.407. The van der Waals surface area contributed by atoms with Gasteiger partial charge in [0.1, 0.15) is 11.8 Å². The van der Waals surface area contributed by atoms with Gasteiger partial charge in [-0.15, -0.1) is 0 Å². The molecule has 0 bridgehead atoms. The van der Waals surface area contributed by atoms with Crippen LogP contribution in [0.3, 0.4) is 0 Å². The summed E-state index contributed by atoms with van der Waals surface area (Å²) in [4.78, 5) is 4.94. The van der Waals surface area contributed by atoms with Gasteiger partial charge < -0.3 is 4.74 Å². The first-order valence-corrected chi connectivity index (χ1v) is 11.0. The molecule has 0 amide bonds. The minimum Gasteiger partial charge on any atom is -0.490 e. The minimum atomic E-state index is 0.0313. The van der Waals surface area contributed by atoms with Crippen LogP contribution in [-0.4, -0.2) is 11.8 Å². The molecule has 156 valence electrons. The van der Waals surface area contributed by atoms with E-state index in [0.29, 0.717) is 17.2 Å². The quantitative estimate of drug-likeness (QED) is 0.484. The molecule has 0 heterocycles. The second-order valence-corrected chi connectivity index (χ2v) is 8.42. The maximum atomic E-state index is 9.61. The lowest BCUT2D eigenvalue weighted by Gasteiger charge is -2.16. The van der Waals surface area contributed by atoms with E-state index in [4.69, 9.17) is 9.73 Å². The molecular weight excluding hydrogens is 368 g/mol. The van der Waals surface area contributed by atoms with E-state index in [9.17, 15) is 5.26 Å². The summed E-state index contributed by atoms with van der Waals surface area (Å²) in [7, 11) is 0. The second-order valence-electron chi connectivity index (χ2n) is 8.42. The number of hydrogen-bond acceptors (Lipinski definition) is 3. The first-order chi connectivity index (χ1) is 14.4. The standard InChI is InChI=1S/C27H32N2O/c1-6-19(4)27(22-13-14-26(30-18(2)3)23(15-22)16-28)29-17-20(5)24-11-7-9-21-10-8-12-25(21)24/h7,9,11,13-15,17-19H,6,8,10,12H2,1-5H3/b20-17+,29-27+. The normalized spacial score (nSPS) is 15.1. The van der Waals surface area contributed by atoms with Crippen LogP contribution in [0.25, 0.3) is 5.57 Å². The van der Waals surface area contributed by atoms with Crippen LogP contribution < -0.4 is 4.74 Å².